The molecule has 3 heterocycles. The average Bonchev–Trinajstić information content (AvgIpc) is 2.95. The first-order valence-electron chi connectivity index (χ1n) is 13.0. The van der Waals surface area contributed by atoms with Crippen molar-refractivity contribution < 1.29 is 37.4 Å². The number of carboxylic acids is 1. The number of carbonyl (C=O) groups excluding carboxylic acids is 2. The number of fused-ring (bicyclic) bond motifs is 10. The molecule has 224 valence electrons. The molecular weight excluding hydrogens is 567 g/mol. The van der Waals surface area contributed by atoms with Crippen molar-refractivity contribution in [1.29, 1.82) is 0 Å². The normalized spacial score (nSPS) is 15.4. The minimum atomic E-state index is -5.08. The van der Waals surface area contributed by atoms with E-state index in [0.717, 1.165) is 38.7 Å². The number of nitrogens with one attached hydrogen (secondary N) is 3. The maximum atomic E-state index is 13.5. The highest BCUT2D eigenvalue weighted by molar-refractivity contribution is 5.94. The van der Waals surface area contributed by atoms with Crippen molar-refractivity contribution in [1.82, 2.24) is 10.3 Å². The van der Waals surface area contributed by atoms with Crippen molar-refractivity contribution in [2.45, 2.75) is 32.1 Å². The van der Waals surface area contributed by atoms with Gasteiger partial charge >= 0.3 is 18.2 Å². The Balaban J connectivity index is 0.000000541. The molecule has 2 aliphatic heterocycles. The third-order valence-electron chi connectivity index (χ3n) is 6.56. The van der Waals surface area contributed by atoms with Crippen LogP contribution in [0.25, 0.3) is 10.8 Å². The molecule has 0 spiro atoms. The first-order chi connectivity index (χ1) is 20.4. The minimum absolute atomic E-state index is 0.165. The number of rotatable bonds is 2. The van der Waals surface area contributed by atoms with Crippen LogP contribution in [0.2, 0.25) is 0 Å². The molecule has 1 atom stereocenters. The zero-order valence-electron chi connectivity index (χ0n) is 22.9. The second-order valence-electron chi connectivity index (χ2n) is 9.63. The fourth-order valence-corrected chi connectivity index (χ4v) is 4.40. The Labute approximate surface area is 244 Å². The van der Waals surface area contributed by atoms with Gasteiger partial charge in [0.1, 0.15) is 11.9 Å². The van der Waals surface area contributed by atoms with Gasteiger partial charge in [-0.2, -0.15) is 13.2 Å². The van der Waals surface area contributed by atoms with Gasteiger partial charge in [-0.05, 0) is 71.0 Å². The van der Waals surface area contributed by atoms with Crippen molar-refractivity contribution >= 4 is 45.9 Å². The van der Waals surface area contributed by atoms with E-state index in [4.69, 9.17) is 20.4 Å². The third-order valence-corrected chi connectivity index (χ3v) is 6.56. The summed E-state index contributed by atoms with van der Waals surface area (Å²) in [4.78, 5) is 38.7. The van der Waals surface area contributed by atoms with E-state index in [1.165, 1.54) is 0 Å². The number of amides is 2. The summed E-state index contributed by atoms with van der Waals surface area (Å²) in [6, 6.07) is 20.3. The second-order valence-corrected chi connectivity index (χ2v) is 9.63. The lowest BCUT2D eigenvalue weighted by Crippen LogP contribution is -2.33. The van der Waals surface area contributed by atoms with Gasteiger partial charge in [0.05, 0.1) is 6.61 Å². The average molecular weight is 596 g/mol. The fourth-order valence-electron chi connectivity index (χ4n) is 4.40. The van der Waals surface area contributed by atoms with E-state index in [9.17, 15) is 22.8 Å². The summed E-state index contributed by atoms with van der Waals surface area (Å²) < 4.78 is 37.1. The van der Waals surface area contributed by atoms with Crippen molar-refractivity contribution in [2.75, 3.05) is 23.0 Å². The molecule has 10 nitrogen and oxygen atoms in total. The predicted octanol–water partition coefficient (Wildman–Crippen LogP) is 5.33. The van der Waals surface area contributed by atoms with Crippen LogP contribution < -0.4 is 21.7 Å². The molecule has 6 rings (SSSR count). The quantitative estimate of drug-likeness (QED) is 0.208. The molecule has 13 heteroatoms. The van der Waals surface area contributed by atoms with Gasteiger partial charge in [-0.1, -0.05) is 30.3 Å². The molecule has 3 aromatic carbocycles. The summed E-state index contributed by atoms with van der Waals surface area (Å²) in [5.41, 5.74) is 11.2. The fraction of sp³-hybridized carbons (Fsp3) is 0.200. The Morgan fingerprint density at radius 3 is 2.58 bits per heavy atom. The number of aryl methyl sites for hydroxylation is 1. The molecule has 43 heavy (non-hydrogen) atoms. The summed E-state index contributed by atoms with van der Waals surface area (Å²) in [5, 5.41) is 18.1. The van der Waals surface area contributed by atoms with Crippen LogP contribution in [-0.4, -0.2) is 40.8 Å². The molecule has 4 aromatic rings. The van der Waals surface area contributed by atoms with E-state index >= 15 is 0 Å². The van der Waals surface area contributed by atoms with E-state index in [2.05, 4.69) is 20.9 Å². The van der Waals surface area contributed by atoms with Crippen LogP contribution in [-0.2, 0) is 27.3 Å². The molecule has 2 amide bonds. The van der Waals surface area contributed by atoms with E-state index in [0.29, 0.717) is 24.5 Å². The van der Waals surface area contributed by atoms with Gasteiger partial charge in [-0.25, -0.2) is 14.6 Å². The number of aliphatic carboxylic acids is 1. The maximum absolute atomic E-state index is 13.5. The Morgan fingerprint density at radius 2 is 1.86 bits per heavy atom. The molecule has 0 aliphatic carbocycles. The number of halogens is 3. The van der Waals surface area contributed by atoms with Crippen LogP contribution in [0.1, 0.15) is 28.3 Å². The standard InChI is InChI=1S/C28H27N5O3.C2HF3O2/c1-17-13-21-6-5-19(17)10-12-36-28(35)33-22-4-2-3-18(14-22)16-31-27(34)25(21)32-23-7-8-24-20(15-23)9-11-30-26(24)29;3-2(4,5)1(6)7/h2-9,11,13-15,25,32H,10,12,16H2,1H3,(H2,29,30)(H,31,34)(H,33,35);(H,6,7). The second kappa shape index (κ2) is 13.1. The van der Waals surface area contributed by atoms with Crippen molar-refractivity contribution in [3.63, 3.8) is 0 Å². The van der Waals surface area contributed by atoms with E-state index < -0.39 is 24.3 Å². The van der Waals surface area contributed by atoms with Gasteiger partial charge in [0.25, 0.3) is 0 Å². The topological polar surface area (TPSA) is 156 Å². The number of benzene rings is 3. The highest BCUT2D eigenvalue weighted by Crippen LogP contribution is 2.27. The number of hydrogen-bond acceptors (Lipinski definition) is 7. The smallest absolute Gasteiger partial charge is 0.475 e. The van der Waals surface area contributed by atoms with Gasteiger partial charge < -0.3 is 26.2 Å². The van der Waals surface area contributed by atoms with Gasteiger partial charge in [-0.3, -0.25) is 10.1 Å². The van der Waals surface area contributed by atoms with Crippen molar-refractivity contribution in [3.05, 3.63) is 95.2 Å². The van der Waals surface area contributed by atoms with Gasteiger partial charge in [0.2, 0.25) is 5.91 Å². The SMILES string of the molecule is Cc1cc2ccc1CCOC(=O)Nc1cccc(c1)CNC(=O)C2Nc1ccc2c(N)nccc2c1.O=C(O)C(F)(F)F. The van der Waals surface area contributed by atoms with Crippen LogP contribution in [0.4, 0.5) is 35.2 Å². The molecular formula is C30H28F3N5O5. The monoisotopic (exact) mass is 595 g/mol. The molecule has 0 fully saturated rings. The summed E-state index contributed by atoms with van der Waals surface area (Å²) in [6.07, 6.45) is -3.35. The van der Waals surface area contributed by atoms with Crippen LogP contribution in [0, 0.1) is 6.92 Å². The van der Waals surface area contributed by atoms with Gasteiger partial charge in [0, 0.05) is 35.9 Å². The minimum Gasteiger partial charge on any atom is -0.475 e. The number of anilines is 3. The number of nitrogens with zero attached hydrogens (tertiary/aromatic N) is 1. The molecule has 0 radical (unpaired) electrons. The molecule has 1 unspecified atom stereocenters. The summed E-state index contributed by atoms with van der Waals surface area (Å²) in [6.45, 7) is 2.55. The molecule has 0 saturated heterocycles. The number of nitrogens with two attached hydrogens (primary N) is 1. The lowest BCUT2D eigenvalue weighted by Gasteiger charge is -2.22. The number of alkyl halides is 3. The summed E-state index contributed by atoms with van der Waals surface area (Å²) >= 11 is 0. The van der Waals surface area contributed by atoms with Gasteiger partial charge in [-0.15, -0.1) is 0 Å². The number of carbonyl (C=O) groups is 3. The van der Waals surface area contributed by atoms with E-state index in [1.807, 2.05) is 67.6 Å². The number of ether oxygens (including phenoxy) is 1. The molecule has 1 aromatic heterocycles. The summed E-state index contributed by atoms with van der Waals surface area (Å²) in [7, 11) is 0. The lowest BCUT2D eigenvalue weighted by atomic mass is 9.97. The Morgan fingerprint density at radius 1 is 1.09 bits per heavy atom. The first-order valence-corrected chi connectivity index (χ1v) is 13.0. The number of aromatic nitrogens is 1. The highest BCUT2D eigenvalue weighted by atomic mass is 19.4. The Hall–Kier alpha value is -5.33. The maximum Gasteiger partial charge on any atom is 0.490 e. The lowest BCUT2D eigenvalue weighted by molar-refractivity contribution is -0.192. The Bertz CT molecular complexity index is 1660. The molecule has 6 N–H and O–H groups in total. The van der Waals surface area contributed by atoms with E-state index in [-0.39, 0.29) is 12.5 Å². The van der Waals surface area contributed by atoms with Crippen LogP contribution in [0.3, 0.4) is 0 Å². The van der Waals surface area contributed by atoms with Crippen molar-refractivity contribution in [3.8, 4) is 0 Å². The van der Waals surface area contributed by atoms with Gasteiger partial charge in [0.15, 0.2) is 0 Å². The number of pyridine rings is 1. The summed E-state index contributed by atoms with van der Waals surface area (Å²) in [5.74, 6) is -2.45. The Kier molecular flexibility index (Phi) is 9.33. The molecule has 4 bridgehead atoms. The van der Waals surface area contributed by atoms with Crippen LogP contribution in [0.5, 0.6) is 0 Å². The zero-order chi connectivity index (χ0) is 31.1. The molecule has 0 saturated carbocycles. The number of nitrogen functional groups attached to an aromatic ring is 1. The largest absolute Gasteiger partial charge is 0.490 e. The molecule has 2 aliphatic rings. The zero-order valence-corrected chi connectivity index (χ0v) is 22.9. The van der Waals surface area contributed by atoms with Crippen LogP contribution in [0.15, 0.2) is 72.9 Å². The predicted molar refractivity (Wildman–Crippen MR) is 154 cm³/mol. The first kappa shape index (κ1) is 30.6. The third kappa shape index (κ3) is 8.12. The highest BCUT2D eigenvalue weighted by Gasteiger charge is 2.38. The number of carboxylic acid groups (broad SMARTS) is 1. The number of hydrogen-bond donors (Lipinski definition) is 5. The van der Waals surface area contributed by atoms with E-state index in [1.54, 1.807) is 12.3 Å². The van der Waals surface area contributed by atoms with Crippen molar-refractivity contribution in [2.24, 2.45) is 0 Å². The van der Waals surface area contributed by atoms with Crippen LogP contribution >= 0.6 is 0 Å².